The Balaban J connectivity index is 1.44. The number of ether oxygens (including phenoxy) is 2. The molecule has 0 fully saturated rings. The second-order valence-corrected chi connectivity index (χ2v) is 11.0. The molecule has 230 valence electrons. The lowest BCUT2D eigenvalue weighted by Crippen LogP contribution is -2.31. The molecule has 0 aliphatic carbocycles. The van der Waals surface area contributed by atoms with Gasteiger partial charge in [-0.3, -0.25) is 0 Å². The van der Waals surface area contributed by atoms with Crippen molar-refractivity contribution in [3.05, 3.63) is 66.5 Å². The molecule has 1 atom stereocenters. The number of halogens is 3. The second kappa shape index (κ2) is 18.6. The Morgan fingerprint density at radius 1 is 0.643 bits per heavy atom. The van der Waals surface area contributed by atoms with E-state index in [2.05, 4.69) is 16.9 Å². The van der Waals surface area contributed by atoms with Gasteiger partial charge in [0.25, 0.3) is 0 Å². The van der Waals surface area contributed by atoms with Gasteiger partial charge in [-0.15, -0.1) is 0 Å². The fourth-order valence-electron chi connectivity index (χ4n) is 4.84. The zero-order valence-corrected chi connectivity index (χ0v) is 25.3. The van der Waals surface area contributed by atoms with Crippen LogP contribution < -0.4 is 4.74 Å². The van der Waals surface area contributed by atoms with Gasteiger partial charge in [0.2, 0.25) is 0 Å². The van der Waals surface area contributed by atoms with E-state index < -0.39 is 12.3 Å². The fraction of sp³-hybridized carbons (Fsp3) is 0.543. The number of aromatic nitrogens is 2. The van der Waals surface area contributed by atoms with Crippen LogP contribution in [0.5, 0.6) is 5.75 Å². The van der Waals surface area contributed by atoms with E-state index in [0.29, 0.717) is 17.8 Å². The summed E-state index contributed by atoms with van der Waals surface area (Å²) in [7, 11) is 0. The van der Waals surface area contributed by atoms with E-state index in [-0.39, 0.29) is 13.0 Å². The molecule has 0 saturated carbocycles. The molecule has 3 rings (SSSR count). The van der Waals surface area contributed by atoms with Crippen LogP contribution in [0.1, 0.15) is 103 Å². The van der Waals surface area contributed by atoms with E-state index in [1.165, 1.54) is 44.9 Å². The van der Waals surface area contributed by atoms with Gasteiger partial charge < -0.3 is 9.47 Å². The number of hydrogen-bond acceptors (Lipinski definition) is 4. The van der Waals surface area contributed by atoms with E-state index in [1.807, 2.05) is 43.3 Å². The van der Waals surface area contributed by atoms with Crippen molar-refractivity contribution < 1.29 is 22.6 Å². The van der Waals surface area contributed by atoms with Crippen molar-refractivity contribution in [2.45, 2.75) is 116 Å². The largest absolute Gasteiger partial charge is 0.494 e. The Bertz CT molecular complexity index is 1120. The normalized spacial score (nSPS) is 12.4. The van der Waals surface area contributed by atoms with Crippen LogP contribution in [-0.4, -0.2) is 28.9 Å². The minimum Gasteiger partial charge on any atom is -0.494 e. The molecule has 0 aliphatic rings. The highest BCUT2D eigenvalue weighted by atomic mass is 19.4. The first kappa shape index (κ1) is 33.6. The van der Waals surface area contributed by atoms with Crippen molar-refractivity contribution in [1.29, 1.82) is 0 Å². The molecule has 0 aliphatic heterocycles. The summed E-state index contributed by atoms with van der Waals surface area (Å²) in [5.41, 5.74) is 3.38. The number of unbranched alkanes of at least 4 members (excludes halogenated alkanes) is 10. The standard InChI is InChI=1S/C35H47F3N2O2/c1-3-5-7-9-10-11-12-14-24-41-32-22-20-29(21-23-32)31-25-39-34(40-26-31)30-18-16-28(17-19-30)27-42-33(35(36,37)38)15-13-8-6-4-2/h16-23,25-26,33H,3-15,24,27H2,1-2H3. The minimum atomic E-state index is -4.36. The van der Waals surface area contributed by atoms with Crippen molar-refractivity contribution in [1.82, 2.24) is 9.97 Å². The molecule has 1 heterocycles. The smallest absolute Gasteiger partial charge is 0.414 e. The van der Waals surface area contributed by atoms with Gasteiger partial charge in [0.1, 0.15) is 5.75 Å². The summed E-state index contributed by atoms with van der Waals surface area (Å²) in [4.78, 5) is 9.02. The number of rotatable bonds is 20. The Morgan fingerprint density at radius 2 is 1.19 bits per heavy atom. The molecule has 7 heteroatoms. The molecule has 42 heavy (non-hydrogen) atoms. The van der Waals surface area contributed by atoms with Crippen molar-refractivity contribution in [3.8, 4) is 28.3 Å². The first-order chi connectivity index (χ1) is 20.4. The Labute approximate surface area is 250 Å². The molecular weight excluding hydrogens is 537 g/mol. The summed E-state index contributed by atoms with van der Waals surface area (Å²) in [6, 6.07) is 15.1. The van der Waals surface area contributed by atoms with Crippen LogP contribution in [-0.2, 0) is 11.3 Å². The van der Waals surface area contributed by atoms with Gasteiger partial charge in [-0.05, 0) is 36.1 Å². The zero-order chi connectivity index (χ0) is 30.0. The number of hydrogen-bond donors (Lipinski definition) is 0. The summed E-state index contributed by atoms with van der Waals surface area (Å²) in [6.45, 7) is 4.93. The lowest BCUT2D eigenvalue weighted by molar-refractivity contribution is -0.225. The summed E-state index contributed by atoms with van der Waals surface area (Å²) >= 11 is 0. The molecule has 0 bridgehead atoms. The molecule has 0 spiro atoms. The SMILES string of the molecule is CCCCCCCCCCOc1ccc(-c2cnc(-c3ccc(COC(CCCCCC)C(F)(F)F)cc3)nc2)cc1. The van der Waals surface area contributed by atoms with Crippen LogP contribution in [0.3, 0.4) is 0 Å². The quantitative estimate of drug-likeness (QED) is 0.124. The lowest BCUT2D eigenvalue weighted by atomic mass is 10.1. The van der Waals surface area contributed by atoms with Gasteiger partial charge in [-0.25, -0.2) is 9.97 Å². The summed E-state index contributed by atoms with van der Waals surface area (Å²) < 4.78 is 51.3. The average molecular weight is 585 g/mol. The third-order valence-corrected chi connectivity index (χ3v) is 7.45. The van der Waals surface area contributed by atoms with Gasteiger partial charge in [0, 0.05) is 23.5 Å². The fourth-order valence-corrected chi connectivity index (χ4v) is 4.84. The highest BCUT2D eigenvalue weighted by Gasteiger charge is 2.40. The van der Waals surface area contributed by atoms with Gasteiger partial charge >= 0.3 is 6.18 Å². The lowest BCUT2D eigenvalue weighted by Gasteiger charge is -2.21. The van der Waals surface area contributed by atoms with Crippen LogP contribution >= 0.6 is 0 Å². The number of benzene rings is 2. The number of nitrogens with zero attached hydrogens (tertiary/aromatic N) is 2. The molecule has 0 amide bonds. The molecule has 0 saturated heterocycles. The van der Waals surface area contributed by atoms with E-state index in [1.54, 1.807) is 24.5 Å². The molecule has 2 aromatic carbocycles. The predicted molar refractivity (Wildman–Crippen MR) is 164 cm³/mol. The van der Waals surface area contributed by atoms with Gasteiger partial charge in [0.15, 0.2) is 11.9 Å². The van der Waals surface area contributed by atoms with Gasteiger partial charge in [0.05, 0.1) is 13.2 Å². The maximum absolute atomic E-state index is 13.4. The van der Waals surface area contributed by atoms with Crippen molar-refractivity contribution >= 4 is 0 Å². The van der Waals surface area contributed by atoms with E-state index in [4.69, 9.17) is 9.47 Å². The van der Waals surface area contributed by atoms with Crippen molar-refractivity contribution in [2.75, 3.05) is 6.61 Å². The third kappa shape index (κ3) is 12.1. The second-order valence-electron chi connectivity index (χ2n) is 11.0. The minimum absolute atomic E-state index is 0.00314. The molecule has 3 aromatic rings. The Morgan fingerprint density at radius 3 is 1.79 bits per heavy atom. The van der Waals surface area contributed by atoms with E-state index in [9.17, 15) is 13.2 Å². The van der Waals surface area contributed by atoms with E-state index >= 15 is 0 Å². The number of alkyl halides is 3. The van der Waals surface area contributed by atoms with Crippen LogP contribution in [0.2, 0.25) is 0 Å². The summed E-state index contributed by atoms with van der Waals surface area (Å²) in [5.74, 6) is 1.42. The molecule has 0 N–H and O–H groups in total. The predicted octanol–water partition coefficient (Wildman–Crippen LogP) is 10.7. The third-order valence-electron chi connectivity index (χ3n) is 7.45. The topological polar surface area (TPSA) is 44.2 Å². The molecular formula is C35H47F3N2O2. The van der Waals surface area contributed by atoms with Gasteiger partial charge in [-0.1, -0.05) is 121 Å². The molecule has 1 aromatic heterocycles. The zero-order valence-electron chi connectivity index (χ0n) is 25.3. The maximum Gasteiger partial charge on any atom is 0.414 e. The van der Waals surface area contributed by atoms with Crippen LogP contribution in [0, 0.1) is 0 Å². The van der Waals surface area contributed by atoms with E-state index in [0.717, 1.165) is 54.7 Å². The Kier molecular flexibility index (Phi) is 14.8. The first-order valence-corrected chi connectivity index (χ1v) is 15.7. The summed E-state index contributed by atoms with van der Waals surface area (Å²) in [6.07, 6.45) is 10.9. The monoisotopic (exact) mass is 584 g/mol. The van der Waals surface area contributed by atoms with Crippen molar-refractivity contribution in [2.24, 2.45) is 0 Å². The van der Waals surface area contributed by atoms with Crippen LogP contribution in [0.25, 0.3) is 22.5 Å². The molecule has 0 radical (unpaired) electrons. The van der Waals surface area contributed by atoms with Crippen LogP contribution in [0.15, 0.2) is 60.9 Å². The Hall–Kier alpha value is -2.93. The molecule has 4 nitrogen and oxygen atoms in total. The first-order valence-electron chi connectivity index (χ1n) is 15.7. The van der Waals surface area contributed by atoms with Gasteiger partial charge in [-0.2, -0.15) is 13.2 Å². The summed E-state index contributed by atoms with van der Waals surface area (Å²) in [5, 5.41) is 0. The highest BCUT2D eigenvalue weighted by molar-refractivity contribution is 5.64. The van der Waals surface area contributed by atoms with Crippen LogP contribution in [0.4, 0.5) is 13.2 Å². The molecule has 1 unspecified atom stereocenters. The average Bonchev–Trinajstić information content (AvgIpc) is 3.00. The highest BCUT2D eigenvalue weighted by Crippen LogP contribution is 2.29. The maximum atomic E-state index is 13.4. The van der Waals surface area contributed by atoms with Crippen molar-refractivity contribution in [3.63, 3.8) is 0 Å².